The molecule has 1 rings (SSSR count). The van der Waals surface area contributed by atoms with Crippen molar-refractivity contribution in [1.29, 1.82) is 0 Å². The average molecular weight is 148 g/mol. The Morgan fingerprint density at radius 2 is 2.09 bits per heavy atom. The number of aromatic carboxylic acids is 1. The van der Waals surface area contributed by atoms with Gasteiger partial charge < -0.3 is 5.11 Å². The molecule has 0 amide bonds. The highest BCUT2D eigenvalue weighted by Gasteiger charge is 2.05. The Bertz CT molecular complexity index is 294. The molecule has 11 heavy (non-hydrogen) atoms. The number of carboxylic acid groups (broad SMARTS) is 1. The zero-order chi connectivity index (χ0) is 8.27. The third kappa shape index (κ3) is 1.43. The summed E-state index contributed by atoms with van der Waals surface area (Å²) in [4.78, 5) is 10.4. The average Bonchev–Trinajstić information content (AvgIpc) is 2.04. The first-order chi connectivity index (χ1) is 5.25. The zero-order valence-corrected chi connectivity index (χ0v) is 5.69. The summed E-state index contributed by atoms with van der Waals surface area (Å²) in [5.41, 5.74) is 0.426. The molecule has 0 fully saturated rings. The topological polar surface area (TPSA) is 59.6 Å². The Kier molecular flexibility index (Phi) is 2.01. The van der Waals surface area contributed by atoms with Crippen molar-refractivity contribution < 1.29 is 9.90 Å². The van der Waals surface area contributed by atoms with Gasteiger partial charge in [0.2, 0.25) is 0 Å². The quantitative estimate of drug-likeness (QED) is 0.624. The van der Waals surface area contributed by atoms with Gasteiger partial charge in [-0.3, -0.25) is 0 Å². The summed E-state index contributed by atoms with van der Waals surface area (Å²) in [5, 5.41) is 17.1. The lowest BCUT2D eigenvalue weighted by Gasteiger charge is -1.96. The van der Waals surface area contributed by atoms with Crippen molar-refractivity contribution in [3.05, 3.63) is 35.4 Å². The van der Waals surface area contributed by atoms with Crippen molar-refractivity contribution in [3.8, 4) is 0 Å². The molecule has 0 aromatic heterocycles. The van der Waals surface area contributed by atoms with Crippen LogP contribution in [-0.4, -0.2) is 17.3 Å². The molecule has 3 nitrogen and oxygen atoms in total. The van der Waals surface area contributed by atoms with Crippen LogP contribution in [0.25, 0.3) is 0 Å². The molecule has 0 aliphatic rings. The van der Waals surface area contributed by atoms with Gasteiger partial charge in [-0.15, -0.1) is 0 Å². The summed E-state index contributed by atoms with van der Waals surface area (Å²) >= 11 is 0. The predicted molar refractivity (Wildman–Crippen MR) is 40.7 cm³/mol. The Morgan fingerprint density at radius 1 is 1.45 bits per heavy atom. The molecule has 55 valence electrons. The number of hydrogen-bond acceptors (Lipinski definition) is 1. The highest BCUT2D eigenvalue weighted by molar-refractivity contribution is 5.97. The van der Waals surface area contributed by atoms with E-state index in [2.05, 4.69) is 0 Å². The number of benzene rings is 1. The molecule has 1 radical (unpaired) electrons. The summed E-state index contributed by atoms with van der Waals surface area (Å²) < 4.78 is 0. The van der Waals surface area contributed by atoms with Gasteiger partial charge in [-0.05, 0) is 6.07 Å². The molecule has 1 aromatic rings. The normalized spacial score (nSPS) is 9.09. The van der Waals surface area contributed by atoms with E-state index < -0.39 is 5.97 Å². The molecular weight excluding hydrogens is 142 g/mol. The minimum absolute atomic E-state index is 0.106. The highest BCUT2D eigenvalue weighted by Crippen LogP contribution is 2.04. The van der Waals surface area contributed by atoms with Crippen molar-refractivity contribution in [2.45, 2.75) is 0 Å². The second-order valence-corrected chi connectivity index (χ2v) is 2.02. The van der Waals surface area contributed by atoms with Crippen molar-refractivity contribution in [1.82, 2.24) is 5.41 Å². The van der Waals surface area contributed by atoms with Crippen LogP contribution in [0.3, 0.4) is 0 Å². The first-order valence-electron chi connectivity index (χ1n) is 3.05. The molecule has 1 N–H and O–H groups in total. The number of nitrogens with zero attached hydrogens (tertiary/aromatic N) is 1. The van der Waals surface area contributed by atoms with Gasteiger partial charge in [0.15, 0.2) is 0 Å². The summed E-state index contributed by atoms with van der Waals surface area (Å²) in [6, 6.07) is 6.23. The van der Waals surface area contributed by atoms with Crippen LogP contribution in [-0.2, 0) is 0 Å². The summed E-state index contributed by atoms with van der Waals surface area (Å²) in [7, 11) is 0. The predicted octanol–water partition coefficient (Wildman–Crippen LogP) is 0.604. The molecule has 0 aliphatic carbocycles. The lowest BCUT2D eigenvalue weighted by Crippen LogP contribution is -2.01. The fourth-order valence-corrected chi connectivity index (χ4v) is 0.804. The Hall–Kier alpha value is -1.64. The molecule has 0 atom stereocenters. The SMILES string of the molecule is [N]=Cc1ccccc1C(=O)O. The first-order valence-corrected chi connectivity index (χ1v) is 3.05. The van der Waals surface area contributed by atoms with Crippen LogP contribution in [0.2, 0.25) is 0 Å². The second kappa shape index (κ2) is 2.96. The standard InChI is InChI=1S/C8H6NO2/c9-5-6-3-1-2-4-7(6)8(10)11/h1-5H,(H,10,11). The number of carbonyl (C=O) groups is 1. The molecule has 1 aromatic carbocycles. The van der Waals surface area contributed by atoms with Crippen LogP contribution in [0.15, 0.2) is 24.3 Å². The maximum absolute atomic E-state index is 10.4. The Morgan fingerprint density at radius 3 is 2.55 bits per heavy atom. The van der Waals surface area contributed by atoms with E-state index in [0.29, 0.717) is 5.56 Å². The Balaban J connectivity index is 3.22. The van der Waals surface area contributed by atoms with E-state index in [9.17, 15) is 4.79 Å². The molecule has 0 aliphatic heterocycles. The maximum atomic E-state index is 10.4. The van der Waals surface area contributed by atoms with E-state index >= 15 is 0 Å². The first kappa shape index (κ1) is 7.47. The summed E-state index contributed by atoms with van der Waals surface area (Å²) in [6.45, 7) is 0. The zero-order valence-electron chi connectivity index (χ0n) is 5.69. The molecule has 0 heterocycles. The van der Waals surface area contributed by atoms with Crippen LogP contribution in [0.1, 0.15) is 15.9 Å². The minimum atomic E-state index is -1.04. The van der Waals surface area contributed by atoms with E-state index in [-0.39, 0.29) is 5.56 Å². The number of carboxylic acids is 1. The summed E-state index contributed by atoms with van der Waals surface area (Å²) in [5.74, 6) is -1.04. The van der Waals surface area contributed by atoms with Gasteiger partial charge in [-0.2, -0.15) is 5.41 Å². The fraction of sp³-hybridized carbons (Fsp3) is 0. The second-order valence-electron chi connectivity index (χ2n) is 2.02. The molecule has 0 unspecified atom stereocenters. The largest absolute Gasteiger partial charge is 0.478 e. The van der Waals surface area contributed by atoms with Gasteiger partial charge >= 0.3 is 5.97 Å². The Labute approximate surface area is 63.8 Å². The van der Waals surface area contributed by atoms with Gasteiger partial charge in [-0.25, -0.2) is 4.79 Å². The van der Waals surface area contributed by atoms with Gasteiger partial charge in [-0.1, -0.05) is 18.2 Å². The van der Waals surface area contributed by atoms with Gasteiger partial charge in [0.25, 0.3) is 0 Å². The smallest absolute Gasteiger partial charge is 0.336 e. The van der Waals surface area contributed by atoms with Gasteiger partial charge in [0, 0.05) is 5.56 Å². The van der Waals surface area contributed by atoms with Crippen molar-refractivity contribution in [2.75, 3.05) is 0 Å². The lowest BCUT2D eigenvalue weighted by atomic mass is 10.1. The minimum Gasteiger partial charge on any atom is -0.478 e. The molecule has 0 spiro atoms. The number of hydrogen-bond donors (Lipinski definition) is 1. The van der Waals surface area contributed by atoms with E-state index in [1.807, 2.05) is 0 Å². The molecule has 0 bridgehead atoms. The third-order valence-corrected chi connectivity index (χ3v) is 1.33. The molecule has 3 heteroatoms. The lowest BCUT2D eigenvalue weighted by molar-refractivity contribution is 0.0697. The van der Waals surface area contributed by atoms with Crippen LogP contribution in [0.5, 0.6) is 0 Å². The van der Waals surface area contributed by atoms with E-state index in [1.54, 1.807) is 12.1 Å². The molecular formula is C8H6NO2. The van der Waals surface area contributed by atoms with Crippen LogP contribution in [0, 0.1) is 0 Å². The molecule has 0 saturated heterocycles. The summed E-state index contributed by atoms with van der Waals surface area (Å²) in [6.07, 6.45) is 0.781. The van der Waals surface area contributed by atoms with E-state index in [0.717, 1.165) is 6.21 Å². The highest BCUT2D eigenvalue weighted by atomic mass is 16.4. The van der Waals surface area contributed by atoms with Gasteiger partial charge in [0.05, 0.1) is 11.8 Å². The van der Waals surface area contributed by atoms with Crippen LogP contribution >= 0.6 is 0 Å². The molecule has 0 saturated carbocycles. The van der Waals surface area contributed by atoms with Gasteiger partial charge in [0.1, 0.15) is 0 Å². The van der Waals surface area contributed by atoms with Crippen LogP contribution in [0.4, 0.5) is 0 Å². The van der Waals surface area contributed by atoms with E-state index in [4.69, 9.17) is 10.5 Å². The van der Waals surface area contributed by atoms with Crippen molar-refractivity contribution in [3.63, 3.8) is 0 Å². The fourth-order valence-electron chi connectivity index (χ4n) is 0.804. The number of rotatable bonds is 2. The van der Waals surface area contributed by atoms with Crippen molar-refractivity contribution >= 4 is 12.2 Å². The monoisotopic (exact) mass is 148 g/mol. The maximum Gasteiger partial charge on any atom is 0.336 e. The van der Waals surface area contributed by atoms with E-state index in [1.165, 1.54) is 12.1 Å². The van der Waals surface area contributed by atoms with Crippen LogP contribution < -0.4 is 5.41 Å². The van der Waals surface area contributed by atoms with Crippen molar-refractivity contribution in [2.24, 2.45) is 0 Å². The third-order valence-electron chi connectivity index (χ3n) is 1.33.